The average molecular weight is 475 g/mol. The van der Waals surface area contributed by atoms with Crippen LogP contribution < -0.4 is 10.2 Å². The number of likely N-dealkylation sites (tertiary alicyclic amines) is 1. The fourth-order valence-corrected chi connectivity index (χ4v) is 4.99. The lowest BCUT2D eigenvalue weighted by Gasteiger charge is -2.38. The molecule has 3 aromatic rings. The summed E-state index contributed by atoms with van der Waals surface area (Å²) in [5.74, 6) is 0.879. The van der Waals surface area contributed by atoms with E-state index in [4.69, 9.17) is 0 Å². The van der Waals surface area contributed by atoms with Crippen molar-refractivity contribution in [2.24, 2.45) is 0 Å². The molecular weight excluding hydrogens is 440 g/mol. The van der Waals surface area contributed by atoms with Gasteiger partial charge in [-0.2, -0.15) is 4.68 Å². The maximum atomic E-state index is 13.0. The zero-order valence-corrected chi connectivity index (χ0v) is 20.3. The van der Waals surface area contributed by atoms with Crippen molar-refractivity contribution < 1.29 is 4.79 Å². The molecule has 0 bridgehead atoms. The summed E-state index contributed by atoms with van der Waals surface area (Å²) in [6, 6.07) is 20.6. The van der Waals surface area contributed by atoms with E-state index in [0.29, 0.717) is 0 Å². The zero-order valence-electron chi connectivity index (χ0n) is 20.3. The Kier molecular flexibility index (Phi) is 7.34. The minimum absolute atomic E-state index is 0.133. The smallest absolute Gasteiger partial charge is 0.250 e. The lowest BCUT2D eigenvalue weighted by atomic mass is 10.0. The number of piperidine rings is 1. The number of hydrogen-bond acceptors (Lipinski definition) is 7. The molecule has 9 nitrogen and oxygen atoms in total. The van der Waals surface area contributed by atoms with Crippen LogP contribution in [0.4, 0.5) is 5.95 Å². The van der Waals surface area contributed by atoms with Crippen LogP contribution in [0.3, 0.4) is 0 Å². The third-order valence-corrected chi connectivity index (χ3v) is 7.16. The first-order valence-electron chi connectivity index (χ1n) is 12.6. The van der Waals surface area contributed by atoms with Crippen molar-refractivity contribution in [2.75, 3.05) is 44.2 Å². The lowest BCUT2D eigenvalue weighted by molar-refractivity contribution is -0.127. The Morgan fingerprint density at radius 2 is 1.60 bits per heavy atom. The Bertz CT molecular complexity index is 1070. The van der Waals surface area contributed by atoms with E-state index in [2.05, 4.69) is 65.9 Å². The molecule has 2 aliphatic rings. The minimum atomic E-state index is -0.149. The van der Waals surface area contributed by atoms with Gasteiger partial charge in [0.25, 0.3) is 0 Å². The van der Waals surface area contributed by atoms with E-state index >= 15 is 0 Å². The molecule has 184 valence electrons. The molecule has 2 aromatic carbocycles. The van der Waals surface area contributed by atoms with Gasteiger partial charge in [0.15, 0.2) is 0 Å². The van der Waals surface area contributed by atoms with Crippen molar-refractivity contribution in [1.82, 2.24) is 35.3 Å². The Hall–Kier alpha value is -3.30. The van der Waals surface area contributed by atoms with Crippen LogP contribution in [-0.2, 0) is 11.3 Å². The molecule has 1 N–H and O–H groups in total. The van der Waals surface area contributed by atoms with Gasteiger partial charge < -0.3 is 10.2 Å². The van der Waals surface area contributed by atoms with Crippen LogP contribution in [0.25, 0.3) is 5.69 Å². The monoisotopic (exact) mass is 474 g/mol. The third-order valence-electron chi connectivity index (χ3n) is 7.16. The summed E-state index contributed by atoms with van der Waals surface area (Å²) in [5, 5.41) is 15.6. The van der Waals surface area contributed by atoms with Crippen molar-refractivity contribution in [3.05, 3.63) is 66.2 Å². The summed E-state index contributed by atoms with van der Waals surface area (Å²) in [4.78, 5) is 19.9. The van der Waals surface area contributed by atoms with Gasteiger partial charge in [-0.25, -0.2) is 0 Å². The number of anilines is 1. The molecule has 35 heavy (non-hydrogen) atoms. The molecule has 2 fully saturated rings. The fourth-order valence-electron chi connectivity index (χ4n) is 4.99. The van der Waals surface area contributed by atoms with Crippen LogP contribution in [0.5, 0.6) is 0 Å². The highest BCUT2D eigenvalue weighted by Crippen LogP contribution is 2.19. The normalized spacial score (nSPS) is 18.9. The number of nitrogens with one attached hydrogen (secondary N) is 1. The van der Waals surface area contributed by atoms with Crippen LogP contribution in [0.2, 0.25) is 0 Å². The van der Waals surface area contributed by atoms with Crippen molar-refractivity contribution in [3.63, 3.8) is 0 Å². The SMILES string of the molecule is CC(C(=O)NC1CCN(Cc2ccccc2)CC1)N1CCN(c2nnnn2-c2ccccc2)CC1. The van der Waals surface area contributed by atoms with Gasteiger partial charge in [-0.15, -0.1) is 0 Å². The third kappa shape index (κ3) is 5.68. The van der Waals surface area contributed by atoms with E-state index in [1.54, 1.807) is 4.68 Å². The number of hydrogen-bond donors (Lipinski definition) is 1. The summed E-state index contributed by atoms with van der Waals surface area (Å²) in [6.45, 7) is 8.19. The van der Waals surface area contributed by atoms with Gasteiger partial charge in [-0.1, -0.05) is 53.6 Å². The quantitative estimate of drug-likeness (QED) is 0.561. The number of amides is 1. The maximum Gasteiger partial charge on any atom is 0.250 e. The number of tetrazole rings is 1. The summed E-state index contributed by atoms with van der Waals surface area (Å²) >= 11 is 0. The van der Waals surface area contributed by atoms with Crippen LogP contribution in [0, 0.1) is 0 Å². The zero-order chi connectivity index (χ0) is 24.0. The Morgan fingerprint density at radius 1 is 0.943 bits per heavy atom. The molecule has 3 heterocycles. The van der Waals surface area contributed by atoms with Crippen LogP contribution >= 0.6 is 0 Å². The standard InChI is InChI=1S/C26H34N8O/c1-21(25(35)27-23-12-14-31(15-13-23)20-22-8-4-2-5-9-22)32-16-18-33(19-17-32)26-28-29-30-34(26)24-10-6-3-7-11-24/h2-11,21,23H,12-20H2,1H3,(H,27,35). The highest BCUT2D eigenvalue weighted by Gasteiger charge is 2.29. The molecular formula is C26H34N8O. The van der Waals surface area contributed by atoms with E-state index < -0.39 is 0 Å². The van der Waals surface area contributed by atoms with Gasteiger partial charge in [0.2, 0.25) is 11.9 Å². The largest absolute Gasteiger partial charge is 0.352 e. The van der Waals surface area contributed by atoms with E-state index in [1.165, 1.54) is 5.56 Å². The van der Waals surface area contributed by atoms with Gasteiger partial charge in [0.05, 0.1) is 11.7 Å². The molecule has 5 rings (SSSR count). The number of aromatic nitrogens is 4. The Balaban J connectivity index is 1.08. The van der Waals surface area contributed by atoms with Gasteiger partial charge in [-0.05, 0) is 47.9 Å². The molecule has 1 unspecified atom stereocenters. The first-order valence-corrected chi connectivity index (χ1v) is 12.6. The second kappa shape index (κ2) is 11.0. The molecule has 0 radical (unpaired) electrons. The lowest BCUT2D eigenvalue weighted by Crippen LogP contribution is -2.56. The predicted molar refractivity (Wildman–Crippen MR) is 135 cm³/mol. The average Bonchev–Trinajstić information content (AvgIpc) is 3.41. The second-order valence-corrected chi connectivity index (χ2v) is 9.47. The maximum absolute atomic E-state index is 13.0. The van der Waals surface area contributed by atoms with Crippen LogP contribution in [0.1, 0.15) is 25.3 Å². The van der Waals surface area contributed by atoms with Crippen molar-refractivity contribution in [3.8, 4) is 5.69 Å². The number of para-hydroxylation sites is 1. The summed E-state index contributed by atoms with van der Waals surface area (Å²) in [5.41, 5.74) is 2.29. The van der Waals surface area contributed by atoms with Crippen LogP contribution in [-0.4, -0.2) is 87.3 Å². The van der Waals surface area contributed by atoms with Crippen molar-refractivity contribution in [2.45, 2.75) is 38.4 Å². The highest BCUT2D eigenvalue weighted by atomic mass is 16.2. The van der Waals surface area contributed by atoms with Crippen LogP contribution in [0.15, 0.2) is 60.7 Å². The molecule has 0 saturated carbocycles. The minimum Gasteiger partial charge on any atom is -0.352 e. The van der Waals surface area contributed by atoms with E-state index in [1.807, 2.05) is 37.3 Å². The Morgan fingerprint density at radius 3 is 2.29 bits per heavy atom. The molecule has 2 aliphatic heterocycles. The fraction of sp³-hybridized carbons (Fsp3) is 0.462. The number of rotatable bonds is 7. The summed E-state index contributed by atoms with van der Waals surface area (Å²) < 4.78 is 1.77. The topological polar surface area (TPSA) is 82.4 Å². The molecule has 1 atom stereocenters. The second-order valence-electron chi connectivity index (χ2n) is 9.47. The van der Waals surface area contributed by atoms with Gasteiger partial charge in [0, 0.05) is 51.9 Å². The molecule has 2 saturated heterocycles. The molecule has 0 spiro atoms. The highest BCUT2D eigenvalue weighted by molar-refractivity contribution is 5.81. The number of nitrogens with zero attached hydrogens (tertiary/aromatic N) is 7. The molecule has 1 aromatic heterocycles. The van der Waals surface area contributed by atoms with Crippen molar-refractivity contribution >= 4 is 11.9 Å². The van der Waals surface area contributed by atoms with Gasteiger partial charge in [0.1, 0.15) is 0 Å². The first kappa shape index (κ1) is 23.4. The number of carbonyl (C=O) groups excluding carboxylic acids is 1. The number of benzene rings is 2. The summed E-state index contributed by atoms with van der Waals surface area (Å²) in [7, 11) is 0. The van der Waals surface area contributed by atoms with Gasteiger partial charge >= 0.3 is 0 Å². The molecule has 1 amide bonds. The predicted octanol–water partition coefficient (Wildman–Crippen LogP) is 1.95. The van der Waals surface area contributed by atoms with E-state index in [0.717, 1.165) is 70.3 Å². The first-order chi connectivity index (χ1) is 17.2. The summed E-state index contributed by atoms with van der Waals surface area (Å²) in [6.07, 6.45) is 2.00. The van der Waals surface area contributed by atoms with E-state index in [-0.39, 0.29) is 18.0 Å². The number of piperazine rings is 1. The molecule has 0 aliphatic carbocycles. The number of carbonyl (C=O) groups is 1. The van der Waals surface area contributed by atoms with Gasteiger partial charge in [-0.3, -0.25) is 14.6 Å². The van der Waals surface area contributed by atoms with E-state index in [9.17, 15) is 4.79 Å². The Labute approximate surface area is 206 Å². The molecule has 9 heteroatoms. The van der Waals surface area contributed by atoms with Crippen molar-refractivity contribution in [1.29, 1.82) is 0 Å².